The van der Waals surface area contributed by atoms with Crippen molar-refractivity contribution in [1.29, 1.82) is 0 Å². The average molecular weight is 403 g/mol. The largest absolute Gasteiger partial charge is 0.494 e. The molecule has 150 valence electrons. The van der Waals surface area contributed by atoms with E-state index in [-0.39, 0.29) is 18.1 Å². The second-order valence-electron chi connectivity index (χ2n) is 7.10. The van der Waals surface area contributed by atoms with Gasteiger partial charge >= 0.3 is 0 Å². The molecule has 3 rings (SSSR count). The summed E-state index contributed by atoms with van der Waals surface area (Å²) in [5, 5.41) is 3.58. The molecular formula is C22H27ClN2O3. The van der Waals surface area contributed by atoms with E-state index in [0.717, 1.165) is 42.3 Å². The number of nitrogens with one attached hydrogen (secondary N) is 1. The maximum absolute atomic E-state index is 11.2. The van der Waals surface area contributed by atoms with Gasteiger partial charge in [-0.3, -0.25) is 4.79 Å². The normalized spacial score (nSPS) is 14.9. The number of carbonyl (C=O) groups excluding carboxylic acids is 1. The van der Waals surface area contributed by atoms with Gasteiger partial charge in [0, 0.05) is 13.0 Å². The van der Waals surface area contributed by atoms with E-state index in [2.05, 4.69) is 17.1 Å². The lowest BCUT2D eigenvalue weighted by molar-refractivity contribution is -0.119. The Balaban J connectivity index is 1.51. The van der Waals surface area contributed by atoms with Gasteiger partial charge in [-0.15, -0.1) is 0 Å². The minimum atomic E-state index is -0.0361. The fraction of sp³-hybridized carbons (Fsp3) is 0.409. The predicted octanol–water partition coefficient (Wildman–Crippen LogP) is 4.59. The number of hydrogen-bond acceptors (Lipinski definition) is 4. The molecule has 0 unspecified atom stereocenters. The van der Waals surface area contributed by atoms with Gasteiger partial charge in [0.25, 0.3) is 0 Å². The van der Waals surface area contributed by atoms with Crippen LogP contribution in [-0.4, -0.2) is 31.7 Å². The molecule has 0 radical (unpaired) electrons. The lowest BCUT2D eigenvalue weighted by Crippen LogP contribution is -2.54. The van der Waals surface area contributed by atoms with Crippen molar-refractivity contribution in [2.24, 2.45) is 0 Å². The summed E-state index contributed by atoms with van der Waals surface area (Å²) in [5.41, 5.74) is 2.06. The van der Waals surface area contributed by atoms with Crippen molar-refractivity contribution in [3.05, 3.63) is 53.1 Å². The average Bonchev–Trinajstić information content (AvgIpc) is 2.63. The Morgan fingerprint density at radius 1 is 1.21 bits per heavy atom. The number of benzene rings is 2. The number of nitrogens with zero attached hydrogens (tertiary/aromatic N) is 1. The van der Waals surface area contributed by atoms with Crippen LogP contribution in [0.15, 0.2) is 42.5 Å². The number of anilines is 1. The smallest absolute Gasteiger partial charge is 0.217 e. The van der Waals surface area contributed by atoms with Crippen LogP contribution in [0.3, 0.4) is 0 Å². The summed E-state index contributed by atoms with van der Waals surface area (Å²) < 4.78 is 11.7. The molecule has 0 saturated carbocycles. The molecule has 1 N–H and O–H groups in total. The molecule has 1 atom stereocenters. The Morgan fingerprint density at radius 3 is 2.50 bits per heavy atom. The lowest BCUT2D eigenvalue weighted by atomic mass is 10.1. The first kappa shape index (κ1) is 20.3. The highest BCUT2D eigenvalue weighted by molar-refractivity contribution is 6.33. The van der Waals surface area contributed by atoms with Gasteiger partial charge in [0.15, 0.2) is 0 Å². The molecule has 1 aliphatic rings. The first-order valence-corrected chi connectivity index (χ1v) is 10.0. The van der Waals surface area contributed by atoms with E-state index in [1.165, 1.54) is 6.92 Å². The molecule has 5 nitrogen and oxygen atoms in total. The number of amides is 1. The van der Waals surface area contributed by atoms with Crippen molar-refractivity contribution >= 4 is 23.2 Å². The summed E-state index contributed by atoms with van der Waals surface area (Å²) in [6, 6.07) is 13.7. The monoisotopic (exact) mass is 402 g/mol. The quantitative estimate of drug-likeness (QED) is 0.701. The second-order valence-corrected chi connectivity index (χ2v) is 7.50. The molecule has 0 spiro atoms. The molecule has 0 bridgehead atoms. The summed E-state index contributed by atoms with van der Waals surface area (Å²) in [7, 11) is 0. The topological polar surface area (TPSA) is 50.8 Å². The van der Waals surface area contributed by atoms with Gasteiger partial charge in [-0.05, 0) is 43.2 Å². The third-order valence-corrected chi connectivity index (χ3v) is 4.99. The summed E-state index contributed by atoms with van der Waals surface area (Å²) >= 11 is 6.41. The van der Waals surface area contributed by atoms with Gasteiger partial charge in [0.05, 0.1) is 36.4 Å². The van der Waals surface area contributed by atoms with Crippen LogP contribution in [0.1, 0.15) is 38.8 Å². The highest BCUT2D eigenvalue weighted by Gasteiger charge is 2.30. The SMILES string of the molecule is CCCOc1ccc(N2CC(Oc3ccc([C@H](C)NC(C)=O)cc3)C2)c(Cl)c1. The minimum Gasteiger partial charge on any atom is -0.494 e. The molecule has 1 fully saturated rings. The van der Waals surface area contributed by atoms with E-state index in [0.29, 0.717) is 11.6 Å². The zero-order chi connectivity index (χ0) is 20.1. The van der Waals surface area contributed by atoms with Gasteiger partial charge in [-0.25, -0.2) is 0 Å². The van der Waals surface area contributed by atoms with Gasteiger partial charge in [-0.2, -0.15) is 0 Å². The summed E-state index contributed by atoms with van der Waals surface area (Å²) in [6.07, 6.45) is 1.10. The third-order valence-electron chi connectivity index (χ3n) is 4.68. The molecule has 2 aromatic carbocycles. The Bertz CT molecular complexity index is 804. The van der Waals surface area contributed by atoms with Crippen LogP contribution in [0.2, 0.25) is 5.02 Å². The van der Waals surface area contributed by atoms with Crippen LogP contribution in [0.25, 0.3) is 0 Å². The molecular weight excluding hydrogens is 376 g/mol. The Morgan fingerprint density at radius 2 is 1.89 bits per heavy atom. The highest BCUT2D eigenvalue weighted by Crippen LogP contribution is 2.33. The van der Waals surface area contributed by atoms with Crippen molar-refractivity contribution in [2.45, 2.75) is 39.3 Å². The van der Waals surface area contributed by atoms with E-state index < -0.39 is 0 Å². The van der Waals surface area contributed by atoms with Crippen molar-refractivity contribution in [2.75, 3.05) is 24.6 Å². The lowest BCUT2D eigenvalue weighted by Gasteiger charge is -2.41. The summed E-state index contributed by atoms with van der Waals surface area (Å²) in [6.45, 7) is 7.83. The maximum Gasteiger partial charge on any atom is 0.217 e. The number of carbonyl (C=O) groups is 1. The van der Waals surface area contributed by atoms with Gasteiger partial charge in [-0.1, -0.05) is 30.7 Å². The van der Waals surface area contributed by atoms with Crippen LogP contribution >= 0.6 is 11.6 Å². The molecule has 1 aliphatic heterocycles. The fourth-order valence-electron chi connectivity index (χ4n) is 3.18. The molecule has 1 heterocycles. The van der Waals surface area contributed by atoms with Crippen molar-refractivity contribution in [3.8, 4) is 11.5 Å². The number of hydrogen-bond donors (Lipinski definition) is 1. The fourth-order valence-corrected chi connectivity index (χ4v) is 3.47. The van der Waals surface area contributed by atoms with E-state index >= 15 is 0 Å². The number of halogens is 1. The van der Waals surface area contributed by atoms with Crippen LogP contribution < -0.4 is 19.7 Å². The maximum atomic E-state index is 11.2. The Labute approximate surface area is 171 Å². The van der Waals surface area contributed by atoms with Crippen molar-refractivity contribution < 1.29 is 14.3 Å². The van der Waals surface area contributed by atoms with Gasteiger partial charge < -0.3 is 19.7 Å². The first-order chi connectivity index (χ1) is 13.5. The summed E-state index contributed by atoms with van der Waals surface area (Å²) in [5.74, 6) is 1.60. The zero-order valence-electron chi connectivity index (χ0n) is 16.6. The van der Waals surface area contributed by atoms with E-state index in [1.54, 1.807) is 0 Å². The molecule has 0 aromatic heterocycles. The molecule has 1 saturated heterocycles. The van der Waals surface area contributed by atoms with Crippen LogP contribution in [-0.2, 0) is 4.79 Å². The third kappa shape index (κ3) is 5.10. The Kier molecular flexibility index (Phi) is 6.68. The van der Waals surface area contributed by atoms with E-state index in [9.17, 15) is 4.79 Å². The Hall–Kier alpha value is -2.40. The number of ether oxygens (including phenoxy) is 2. The van der Waals surface area contributed by atoms with Crippen LogP contribution in [0.4, 0.5) is 5.69 Å². The molecule has 2 aromatic rings. The molecule has 1 amide bonds. The van der Waals surface area contributed by atoms with Crippen molar-refractivity contribution in [3.63, 3.8) is 0 Å². The molecule has 6 heteroatoms. The van der Waals surface area contributed by atoms with Gasteiger partial charge in [0.1, 0.15) is 17.6 Å². The van der Waals surface area contributed by atoms with Crippen molar-refractivity contribution in [1.82, 2.24) is 5.32 Å². The van der Waals surface area contributed by atoms with E-state index in [1.807, 2.05) is 49.4 Å². The molecule has 28 heavy (non-hydrogen) atoms. The van der Waals surface area contributed by atoms with Gasteiger partial charge in [0.2, 0.25) is 5.91 Å². The standard InChI is InChI=1S/C22H27ClN2O3/c1-4-11-27-19-9-10-22(21(23)12-19)25-13-20(14-25)28-18-7-5-17(6-8-18)15(2)24-16(3)26/h5-10,12,15,20H,4,11,13-14H2,1-3H3,(H,24,26)/t15-/m0/s1. The predicted molar refractivity (Wildman–Crippen MR) is 113 cm³/mol. The minimum absolute atomic E-state index is 0.0165. The summed E-state index contributed by atoms with van der Waals surface area (Å²) in [4.78, 5) is 13.4. The number of rotatable bonds is 8. The van der Waals surface area contributed by atoms with Crippen LogP contribution in [0, 0.1) is 0 Å². The first-order valence-electron chi connectivity index (χ1n) is 9.67. The zero-order valence-corrected chi connectivity index (χ0v) is 17.3. The molecule has 0 aliphatic carbocycles. The van der Waals surface area contributed by atoms with E-state index in [4.69, 9.17) is 21.1 Å². The van der Waals surface area contributed by atoms with Crippen LogP contribution in [0.5, 0.6) is 11.5 Å². The highest BCUT2D eigenvalue weighted by atomic mass is 35.5. The second kappa shape index (κ2) is 9.20.